The van der Waals surface area contributed by atoms with Crippen molar-refractivity contribution in [1.29, 1.82) is 0 Å². The second kappa shape index (κ2) is 17.2. The van der Waals surface area contributed by atoms with Crippen LogP contribution in [0.4, 0.5) is 9.59 Å². The van der Waals surface area contributed by atoms with Crippen LogP contribution in [0, 0.1) is 5.41 Å². The van der Waals surface area contributed by atoms with Crippen molar-refractivity contribution >= 4 is 35.8 Å². The molecule has 0 bridgehead atoms. The third-order valence-corrected chi connectivity index (χ3v) is 6.05. The van der Waals surface area contributed by atoms with Crippen molar-refractivity contribution < 1.29 is 66.7 Å². The standard InChI is InChI=1S/C31H36O14/c1-31(2,17-42-27(34)13-9-21(32)19-7-11-23(38-3)25(15-19)44-29(36)40-5)18-43-28(35)14-10-22(33)20-8-12-24(39-4)26(16-20)45-30(37)41-6/h7-8,11-12,15-16H,9-10,13-14,17-18H2,1-6H3. The lowest BCUT2D eigenvalue weighted by Crippen LogP contribution is -2.28. The normalized spacial score (nSPS) is 10.6. The molecule has 14 nitrogen and oxygen atoms in total. The lowest BCUT2D eigenvalue weighted by Gasteiger charge is -2.23. The summed E-state index contributed by atoms with van der Waals surface area (Å²) in [5.74, 6) is -1.67. The number of ketones is 2. The highest BCUT2D eigenvalue weighted by atomic mass is 16.7. The molecule has 0 saturated heterocycles. The number of carbonyl (C=O) groups excluding carboxylic acids is 6. The fourth-order valence-electron chi connectivity index (χ4n) is 3.58. The van der Waals surface area contributed by atoms with Gasteiger partial charge in [-0.3, -0.25) is 19.2 Å². The van der Waals surface area contributed by atoms with E-state index in [-0.39, 0.29) is 73.0 Å². The van der Waals surface area contributed by atoms with E-state index in [1.807, 2.05) is 0 Å². The molecular weight excluding hydrogens is 596 g/mol. The molecule has 14 heteroatoms. The molecular formula is C31H36O14. The Hall–Kier alpha value is -5.14. The molecule has 0 aliphatic rings. The molecule has 0 aliphatic carbocycles. The minimum Gasteiger partial charge on any atom is -0.493 e. The van der Waals surface area contributed by atoms with Gasteiger partial charge in [-0.2, -0.15) is 0 Å². The quantitative estimate of drug-likeness (QED) is 0.107. The van der Waals surface area contributed by atoms with Gasteiger partial charge in [0.25, 0.3) is 0 Å². The van der Waals surface area contributed by atoms with Gasteiger partial charge in [0.2, 0.25) is 0 Å². The van der Waals surface area contributed by atoms with E-state index < -0.39 is 41.2 Å². The third-order valence-electron chi connectivity index (χ3n) is 6.05. The average molecular weight is 633 g/mol. The Morgan fingerprint density at radius 1 is 0.556 bits per heavy atom. The highest BCUT2D eigenvalue weighted by Gasteiger charge is 2.24. The number of ether oxygens (including phenoxy) is 8. The fourth-order valence-corrected chi connectivity index (χ4v) is 3.58. The van der Waals surface area contributed by atoms with Crippen LogP contribution >= 0.6 is 0 Å². The van der Waals surface area contributed by atoms with E-state index >= 15 is 0 Å². The number of methoxy groups -OCH3 is 4. The van der Waals surface area contributed by atoms with Crippen LogP contribution in [0.3, 0.4) is 0 Å². The molecule has 0 spiro atoms. The van der Waals surface area contributed by atoms with E-state index in [0.717, 1.165) is 14.2 Å². The second-order valence-electron chi connectivity index (χ2n) is 10.2. The first-order valence-electron chi connectivity index (χ1n) is 13.6. The Kier molecular flexibility index (Phi) is 13.8. The van der Waals surface area contributed by atoms with Crippen LogP contribution in [0.1, 0.15) is 60.2 Å². The van der Waals surface area contributed by atoms with Crippen molar-refractivity contribution in [1.82, 2.24) is 0 Å². The SMILES string of the molecule is COC(=O)Oc1cc(C(=O)CCC(=O)OCC(C)(C)COC(=O)CCC(=O)c2ccc(OC)c(OC(=O)OC)c2)ccc1OC. The monoisotopic (exact) mass is 632 g/mol. The lowest BCUT2D eigenvalue weighted by atomic mass is 9.96. The van der Waals surface area contributed by atoms with E-state index in [4.69, 9.17) is 28.4 Å². The molecule has 45 heavy (non-hydrogen) atoms. The maximum absolute atomic E-state index is 12.6. The summed E-state index contributed by atoms with van der Waals surface area (Å²) in [5, 5.41) is 0. The van der Waals surface area contributed by atoms with Gasteiger partial charge in [0.05, 0.1) is 54.5 Å². The minimum absolute atomic E-state index is 0.0152. The number of hydrogen-bond acceptors (Lipinski definition) is 14. The highest BCUT2D eigenvalue weighted by molar-refractivity contribution is 5.99. The first-order valence-corrected chi connectivity index (χ1v) is 13.6. The molecule has 0 fully saturated rings. The molecule has 0 N–H and O–H groups in total. The summed E-state index contributed by atoms with van der Waals surface area (Å²) < 4.78 is 39.6. The van der Waals surface area contributed by atoms with Crippen molar-refractivity contribution in [3.05, 3.63) is 47.5 Å². The van der Waals surface area contributed by atoms with Gasteiger partial charge in [0.1, 0.15) is 0 Å². The minimum atomic E-state index is -0.987. The smallest absolute Gasteiger partial charge is 0.493 e. The molecule has 244 valence electrons. The summed E-state index contributed by atoms with van der Waals surface area (Å²) in [6.07, 6.45) is -2.74. The molecule has 0 atom stereocenters. The number of Topliss-reactive ketones (excluding diaryl/α,β-unsaturated/α-hetero) is 2. The van der Waals surface area contributed by atoms with Crippen LogP contribution in [0.5, 0.6) is 23.0 Å². The van der Waals surface area contributed by atoms with Crippen LogP contribution in [0.15, 0.2) is 36.4 Å². The number of hydrogen-bond donors (Lipinski definition) is 0. The van der Waals surface area contributed by atoms with Gasteiger partial charge in [-0.15, -0.1) is 0 Å². The molecule has 2 aromatic carbocycles. The summed E-state index contributed by atoms with van der Waals surface area (Å²) in [5.41, 5.74) is -0.378. The topological polar surface area (TPSA) is 176 Å². The van der Waals surface area contributed by atoms with Crippen LogP contribution < -0.4 is 18.9 Å². The molecule has 2 rings (SSSR count). The maximum Gasteiger partial charge on any atom is 0.513 e. The van der Waals surface area contributed by atoms with Crippen LogP contribution in [0.2, 0.25) is 0 Å². The second-order valence-corrected chi connectivity index (χ2v) is 10.2. The highest BCUT2D eigenvalue weighted by Crippen LogP contribution is 2.30. The summed E-state index contributed by atoms with van der Waals surface area (Å²) in [6.45, 7) is 3.23. The number of benzene rings is 2. The first kappa shape index (κ1) is 36.1. The first-order chi connectivity index (χ1) is 21.3. The summed E-state index contributed by atoms with van der Waals surface area (Å²) in [7, 11) is 5.01. The average Bonchev–Trinajstić information content (AvgIpc) is 3.03. The van der Waals surface area contributed by atoms with Crippen LogP contribution in [-0.4, -0.2) is 77.5 Å². The number of rotatable bonds is 16. The lowest BCUT2D eigenvalue weighted by molar-refractivity contribution is -0.152. The van der Waals surface area contributed by atoms with Gasteiger partial charge in [-0.25, -0.2) is 9.59 Å². The van der Waals surface area contributed by atoms with E-state index in [2.05, 4.69) is 9.47 Å². The van der Waals surface area contributed by atoms with E-state index in [1.54, 1.807) is 13.8 Å². The van der Waals surface area contributed by atoms with Crippen LogP contribution in [0.25, 0.3) is 0 Å². The van der Waals surface area contributed by atoms with Gasteiger partial charge in [0.15, 0.2) is 34.6 Å². The number of carbonyl (C=O) groups is 6. The van der Waals surface area contributed by atoms with Gasteiger partial charge >= 0.3 is 24.2 Å². The van der Waals surface area contributed by atoms with Gasteiger partial charge in [-0.1, -0.05) is 13.8 Å². The summed E-state index contributed by atoms with van der Waals surface area (Å²) in [6, 6.07) is 8.44. The van der Waals surface area contributed by atoms with E-state index in [0.29, 0.717) is 0 Å². The fraction of sp³-hybridized carbons (Fsp3) is 0.419. The van der Waals surface area contributed by atoms with Crippen molar-refractivity contribution in [2.45, 2.75) is 39.5 Å². The van der Waals surface area contributed by atoms with Crippen molar-refractivity contribution in [2.24, 2.45) is 5.41 Å². The largest absolute Gasteiger partial charge is 0.513 e. The molecule has 0 radical (unpaired) electrons. The zero-order valence-corrected chi connectivity index (χ0v) is 25.9. The van der Waals surface area contributed by atoms with Gasteiger partial charge < -0.3 is 37.9 Å². The Labute approximate surface area is 259 Å². The molecule has 0 aliphatic heterocycles. The zero-order valence-electron chi connectivity index (χ0n) is 25.9. The Bertz CT molecular complexity index is 1290. The maximum atomic E-state index is 12.6. The summed E-state index contributed by atoms with van der Waals surface area (Å²) >= 11 is 0. The van der Waals surface area contributed by atoms with Gasteiger partial charge in [-0.05, 0) is 36.4 Å². The third kappa shape index (κ3) is 11.8. The number of esters is 2. The van der Waals surface area contributed by atoms with Crippen molar-refractivity contribution in [3.8, 4) is 23.0 Å². The summed E-state index contributed by atoms with van der Waals surface area (Å²) in [4.78, 5) is 72.7. The van der Waals surface area contributed by atoms with Crippen molar-refractivity contribution in [2.75, 3.05) is 41.7 Å². The Morgan fingerprint density at radius 2 is 0.933 bits per heavy atom. The molecule has 0 unspecified atom stereocenters. The zero-order chi connectivity index (χ0) is 33.6. The van der Waals surface area contributed by atoms with E-state index in [1.165, 1.54) is 50.6 Å². The molecule has 2 aromatic rings. The Morgan fingerprint density at radius 3 is 1.27 bits per heavy atom. The molecule has 0 amide bonds. The molecule has 0 heterocycles. The van der Waals surface area contributed by atoms with E-state index in [9.17, 15) is 28.8 Å². The van der Waals surface area contributed by atoms with Gasteiger partial charge in [0, 0.05) is 29.4 Å². The predicted molar refractivity (Wildman–Crippen MR) is 155 cm³/mol. The molecule has 0 saturated carbocycles. The Balaban J connectivity index is 1.80. The van der Waals surface area contributed by atoms with Crippen molar-refractivity contribution in [3.63, 3.8) is 0 Å². The van der Waals surface area contributed by atoms with Crippen LogP contribution in [-0.2, 0) is 28.5 Å². The predicted octanol–water partition coefficient (Wildman–Crippen LogP) is 4.73. The molecule has 0 aromatic heterocycles.